The van der Waals surface area contributed by atoms with Gasteiger partial charge in [-0.15, -0.1) is 0 Å². The topological polar surface area (TPSA) is 70.4 Å². The Bertz CT molecular complexity index is 293. The summed E-state index contributed by atoms with van der Waals surface area (Å²) < 4.78 is 0. The summed E-state index contributed by atoms with van der Waals surface area (Å²) in [6, 6.07) is 1.30. The van der Waals surface area contributed by atoms with Crippen LogP contribution in [-0.4, -0.2) is 21.2 Å². The van der Waals surface area contributed by atoms with E-state index < -0.39 is 5.97 Å². The minimum atomic E-state index is -1.06. The van der Waals surface area contributed by atoms with Gasteiger partial charge in [0.15, 0.2) is 0 Å². The second-order valence-electron chi connectivity index (χ2n) is 2.17. The molecule has 0 unspecified atom stereocenters. The Morgan fingerprint density at radius 3 is 2.83 bits per heavy atom. The Labute approximate surface area is 73.4 Å². The van der Waals surface area contributed by atoms with Crippen molar-refractivity contribution in [3.05, 3.63) is 23.0 Å². The van der Waals surface area contributed by atoms with Crippen LogP contribution in [0.5, 0.6) is 5.75 Å². The molecule has 0 aromatic carbocycles. The van der Waals surface area contributed by atoms with E-state index in [2.05, 4.69) is 4.98 Å². The predicted octanol–water partition coefficient (Wildman–Crippen LogP) is 1.07. The summed E-state index contributed by atoms with van der Waals surface area (Å²) >= 11 is 5.54. The fraction of sp³-hybridized carbons (Fsp3) is 0.143. The Morgan fingerprint density at radius 1 is 1.67 bits per heavy atom. The largest absolute Gasteiger partial charge is 0.507 e. The van der Waals surface area contributed by atoms with Crippen molar-refractivity contribution < 1.29 is 15.0 Å². The number of hydrogen-bond donors (Lipinski definition) is 2. The number of carbonyl (C=O) groups is 1. The van der Waals surface area contributed by atoms with Gasteiger partial charge in [0.2, 0.25) is 0 Å². The molecule has 5 heteroatoms. The Morgan fingerprint density at radius 2 is 2.33 bits per heavy atom. The van der Waals surface area contributed by atoms with Crippen LogP contribution in [0.15, 0.2) is 12.3 Å². The molecule has 1 aromatic rings. The van der Waals surface area contributed by atoms with Crippen molar-refractivity contribution in [3.63, 3.8) is 0 Å². The highest BCUT2D eigenvalue weighted by molar-refractivity contribution is 6.30. The van der Waals surface area contributed by atoms with E-state index in [9.17, 15) is 4.79 Å². The van der Waals surface area contributed by atoms with Crippen LogP contribution in [0.1, 0.15) is 5.56 Å². The monoisotopic (exact) mass is 187 g/mol. The lowest BCUT2D eigenvalue weighted by Crippen LogP contribution is -2.01. The summed E-state index contributed by atoms with van der Waals surface area (Å²) in [5.41, 5.74) is 0.145. The summed E-state index contributed by atoms with van der Waals surface area (Å²) in [6.07, 6.45) is 0.988. The average Bonchev–Trinajstić information content (AvgIpc) is 1.97. The smallest absolute Gasteiger partial charge is 0.308 e. The van der Waals surface area contributed by atoms with Crippen molar-refractivity contribution in [1.29, 1.82) is 0 Å². The lowest BCUT2D eigenvalue weighted by Gasteiger charge is -2.01. The molecule has 64 valence electrons. The van der Waals surface area contributed by atoms with E-state index >= 15 is 0 Å². The number of nitrogens with zero attached hydrogens (tertiary/aromatic N) is 1. The molecule has 2 N–H and O–H groups in total. The Hall–Kier alpha value is -1.29. The third-order valence-corrected chi connectivity index (χ3v) is 1.63. The van der Waals surface area contributed by atoms with Gasteiger partial charge in [-0.25, -0.2) is 4.98 Å². The molecule has 0 aliphatic heterocycles. The standard InChI is InChI=1S/C7H6ClNO3/c8-7-4(3-6(11)12)5(10)1-2-9-7/h1-2H,3H2,(H,9,10)(H,11,12). The van der Waals surface area contributed by atoms with Gasteiger partial charge >= 0.3 is 5.97 Å². The fourth-order valence-corrected chi connectivity index (χ4v) is 0.992. The first-order chi connectivity index (χ1) is 5.61. The molecule has 0 radical (unpaired) electrons. The quantitative estimate of drug-likeness (QED) is 0.680. The number of aliphatic carboxylic acids is 1. The molecule has 0 aliphatic carbocycles. The van der Waals surface area contributed by atoms with E-state index in [1.54, 1.807) is 0 Å². The molecule has 1 heterocycles. The Kier molecular flexibility index (Phi) is 2.50. The molecule has 0 amide bonds. The zero-order valence-electron chi connectivity index (χ0n) is 5.99. The van der Waals surface area contributed by atoms with Crippen molar-refractivity contribution in [2.24, 2.45) is 0 Å². The van der Waals surface area contributed by atoms with Crippen LogP contribution >= 0.6 is 11.6 Å². The summed E-state index contributed by atoms with van der Waals surface area (Å²) in [7, 11) is 0. The van der Waals surface area contributed by atoms with Gasteiger partial charge in [0, 0.05) is 11.8 Å². The second kappa shape index (κ2) is 3.40. The van der Waals surface area contributed by atoms with E-state index in [0.717, 1.165) is 0 Å². The summed E-state index contributed by atoms with van der Waals surface area (Å²) in [5.74, 6) is -1.20. The third kappa shape index (κ3) is 1.85. The summed E-state index contributed by atoms with van der Waals surface area (Å²) in [4.78, 5) is 13.9. The molecule has 0 saturated heterocycles. The molecule has 12 heavy (non-hydrogen) atoms. The van der Waals surface area contributed by atoms with Crippen LogP contribution < -0.4 is 0 Å². The highest BCUT2D eigenvalue weighted by Crippen LogP contribution is 2.22. The minimum Gasteiger partial charge on any atom is -0.507 e. The molecule has 0 fully saturated rings. The third-order valence-electron chi connectivity index (χ3n) is 1.31. The van der Waals surface area contributed by atoms with Crippen molar-refractivity contribution in [1.82, 2.24) is 4.98 Å². The van der Waals surface area contributed by atoms with Gasteiger partial charge in [-0.3, -0.25) is 4.79 Å². The number of aromatic nitrogens is 1. The fourth-order valence-electron chi connectivity index (χ4n) is 0.772. The first kappa shape index (κ1) is 8.80. The van der Waals surface area contributed by atoms with Crippen LogP contribution in [0.2, 0.25) is 5.15 Å². The minimum absolute atomic E-state index is 0.0254. The number of pyridine rings is 1. The van der Waals surface area contributed by atoms with Crippen LogP contribution in [0.25, 0.3) is 0 Å². The average molecular weight is 188 g/mol. The number of carboxylic acids is 1. The van der Waals surface area contributed by atoms with Crippen LogP contribution in [0.4, 0.5) is 0 Å². The number of aromatic hydroxyl groups is 1. The zero-order chi connectivity index (χ0) is 9.14. The Balaban J connectivity index is 3.04. The first-order valence-corrected chi connectivity index (χ1v) is 3.53. The molecule has 0 spiro atoms. The predicted molar refractivity (Wildman–Crippen MR) is 42.3 cm³/mol. The lowest BCUT2D eigenvalue weighted by atomic mass is 10.2. The van der Waals surface area contributed by atoms with E-state index in [0.29, 0.717) is 0 Å². The van der Waals surface area contributed by atoms with Crippen molar-refractivity contribution in [3.8, 4) is 5.75 Å². The zero-order valence-corrected chi connectivity index (χ0v) is 6.75. The normalized spacial score (nSPS) is 9.75. The van der Waals surface area contributed by atoms with E-state index in [4.69, 9.17) is 21.8 Å². The van der Waals surface area contributed by atoms with Crippen LogP contribution in [0.3, 0.4) is 0 Å². The molecular weight excluding hydrogens is 182 g/mol. The maximum Gasteiger partial charge on any atom is 0.308 e. The van der Waals surface area contributed by atoms with Gasteiger partial charge in [-0.1, -0.05) is 11.6 Å². The van der Waals surface area contributed by atoms with Gasteiger partial charge in [-0.2, -0.15) is 0 Å². The number of rotatable bonds is 2. The van der Waals surface area contributed by atoms with Gasteiger partial charge < -0.3 is 10.2 Å². The van der Waals surface area contributed by atoms with Gasteiger partial charge in [0.25, 0.3) is 0 Å². The van der Waals surface area contributed by atoms with Crippen molar-refractivity contribution in [2.75, 3.05) is 0 Å². The van der Waals surface area contributed by atoms with Crippen LogP contribution in [-0.2, 0) is 11.2 Å². The van der Waals surface area contributed by atoms with Gasteiger partial charge in [0.05, 0.1) is 6.42 Å². The van der Waals surface area contributed by atoms with Gasteiger partial charge in [0.1, 0.15) is 10.9 Å². The van der Waals surface area contributed by atoms with E-state index in [1.807, 2.05) is 0 Å². The summed E-state index contributed by atoms with van der Waals surface area (Å²) in [5, 5.41) is 17.6. The highest BCUT2D eigenvalue weighted by Gasteiger charge is 2.10. The molecular formula is C7H6ClNO3. The van der Waals surface area contributed by atoms with Gasteiger partial charge in [-0.05, 0) is 6.07 Å². The van der Waals surface area contributed by atoms with Crippen molar-refractivity contribution >= 4 is 17.6 Å². The lowest BCUT2D eigenvalue weighted by molar-refractivity contribution is -0.136. The molecule has 1 rings (SSSR count). The second-order valence-corrected chi connectivity index (χ2v) is 2.53. The van der Waals surface area contributed by atoms with E-state index in [1.165, 1.54) is 12.3 Å². The first-order valence-electron chi connectivity index (χ1n) is 3.15. The molecule has 4 nitrogen and oxygen atoms in total. The maximum absolute atomic E-state index is 10.3. The molecule has 0 bridgehead atoms. The van der Waals surface area contributed by atoms with E-state index in [-0.39, 0.29) is 22.9 Å². The maximum atomic E-state index is 10.3. The molecule has 0 saturated carbocycles. The number of halogens is 1. The highest BCUT2D eigenvalue weighted by atomic mass is 35.5. The molecule has 0 aliphatic rings. The molecule has 0 atom stereocenters. The number of carboxylic acid groups (broad SMARTS) is 1. The van der Waals surface area contributed by atoms with Crippen LogP contribution in [0, 0.1) is 0 Å². The SMILES string of the molecule is O=C(O)Cc1c(O)ccnc1Cl. The van der Waals surface area contributed by atoms with Crippen molar-refractivity contribution in [2.45, 2.75) is 6.42 Å². The molecule has 1 aromatic heterocycles. The summed E-state index contributed by atoms with van der Waals surface area (Å²) in [6.45, 7) is 0. The number of hydrogen-bond acceptors (Lipinski definition) is 3.